The molecule has 1 aliphatic carbocycles. The first-order valence-electron chi connectivity index (χ1n) is 10.5. The Labute approximate surface area is 190 Å². The van der Waals surface area contributed by atoms with Crippen molar-refractivity contribution in [3.05, 3.63) is 41.2 Å². The van der Waals surface area contributed by atoms with Crippen molar-refractivity contribution >= 4 is 23.6 Å². The number of carbonyl (C=O) groups excluding carboxylic acids is 1. The number of fused-ring (bicyclic) bond motifs is 1. The van der Waals surface area contributed by atoms with Gasteiger partial charge in [0.05, 0.1) is 11.7 Å². The molecule has 0 spiro atoms. The van der Waals surface area contributed by atoms with Gasteiger partial charge < -0.3 is 24.6 Å². The molecule has 2 N–H and O–H groups in total. The lowest BCUT2D eigenvalue weighted by Gasteiger charge is -2.21. The molecular formula is C22H26ClN3O6. The number of likely N-dealkylation sites (tertiary alicyclic amines) is 1. The Morgan fingerprint density at radius 1 is 1.19 bits per heavy atom. The van der Waals surface area contributed by atoms with Crippen LogP contribution in [0.25, 0.3) is 0 Å². The minimum Gasteiger partial charge on any atom is -0.489 e. The second-order valence-electron chi connectivity index (χ2n) is 9.04. The minimum atomic E-state index is -1.16. The molecular weight excluding hydrogens is 438 g/mol. The molecule has 1 aromatic carbocycles. The third kappa shape index (κ3) is 4.83. The van der Waals surface area contributed by atoms with Crippen molar-refractivity contribution in [1.82, 2.24) is 14.7 Å². The van der Waals surface area contributed by atoms with Crippen molar-refractivity contribution < 1.29 is 29.3 Å². The number of aliphatic hydroxyl groups is 1. The third-order valence-corrected chi connectivity index (χ3v) is 6.16. The Kier molecular flexibility index (Phi) is 6.05. The van der Waals surface area contributed by atoms with Gasteiger partial charge in [0.15, 0.2) is 5.69 Å². The average Bonchev–Trinajstić information content (AvgIpc) is 3.42. The van der Waals surface area contributed by atoms with Gasteiger partial charge in [-0.1, -0.05) is 17.7 Å². The molecule has 1 amide bonds. The zero-order valence-electron chi connectivity index (χ0n) is 17.9. The molecule has 2 fully saturated rings. The highest BCUT2D eigenvalue weighted by atomic mass is 35.5. The zero-order valence-corrected chi connectivity index (χ0v) is 18.7. The molecule has 4 rings (SSSR count). The molecule has 172 valence electrons. The zero-order chi connectivity index (χ0) is 23.0. The van der Waals surface area contributed by atoms with Gasteiger partial charge in [0.2, 0.25) is 0 Å². The summed E-state index contributed by atoms with van der Waals surface area (Å²) in [5.74, 6) is 0.429. The molecule has 9 nitrogen and oxygen atoms in total. The second-order valence-corrected chi connectivity index (χ2v) is 9.42. The Bertz CT molecular complexity index is 1000. The van der Waals surface area contributed by atoms with E-state index in [2.05, 4.69) is 5.10 Å². The fraction of sp³-hybridized carbons (Fsp3) is 0.500. The summed E-state index contributed by atoms with van der Waals surface area (Å²) in [6, 6.07) is 6.32. The Morgan fingerprint density at radius 3 is 2.44 bits per heavy atom. The van der Waals surface area contributed by atoms with Gasteiger partial charge in [-0.2, -0.15) is 9.78 Å². The van der Waals surface area contributed by atoms with Crippen LogP contribution in [0.4, 0.5) is 4.79 Å². The highest BCUT2D eigenvalue weighted by molar-refractivity contribution is 6.33. The largest absolute Gasteiger partial charge is 0.489 e. The Morgan fingerprint density at radius 2 is 1.84 bits per heavy atom. The number of hydrogen-bond donors (Lipinski definition) is 2. The van der Waals surface area contributed by atoms with Crippen molar-refractivity contribution in [3.63, 3.8) is 0 Å². The van der Waals surface area contributed by atoms with E-state index in [-0.39, 0.29) is 24.4 Å². The maximum absolute atomic E-state index is 12.7. The van der Waals surface area contributed by atoms with E-state index >= 15 is 0 Å². The molecule has 3 atom stereocenters. The first kappa shape index (κ1) is 22.4. The molecule has 2 aromatic rings. The van der Waals surface area contributed by atoms with E-state index in [1.54, 1.807) is 36.9 Å². The summed E-state index contributed by atoms with van der Waals surface area (Å²) < 4.78 is 12.9. The summed E-state index contributed by atoms with van der Waals surface area (Å²) >= 11 is 6.46. The van der Waals surface area contributed by atoms with Gasteiger partial charge in [-0.15, -0.1) is 0 Å². The molecule has 0 unspecified atom stereocenters. The molecule has 1 aromatic heterocycles. The number of nitrogens with zero attached hydrogens (tertiary/aromatic N) is 3. The van der Waals surface area contributed by atoms with Crippen molar-refractivity contribution in [2.45, 2.75) is 38.4 Å². The van der Waals surface area contributed by atoms with Gasteiger partial charge in [-0.05, 0) is 56.7 Å². The van der Waals surface area contributed by atoms with Gasteiger partial charge in [0, 0.05) is 19.3 Å². The molecule has 2 heterocycles. The van der Waals surface area contributed by atoms with E-state index in [0.29, 0.717) is 41.4 Å². The van der Waals surface area contributed by atoms with Gasteiger partial charge in [0.1, 0.15) is 23.1 Å². The number of ether oxygens (including phenoxy) is 2. The fourth-order valence-corrected chi connectivity index (χ4v) is 4.54. The van der Waals surface area contributed by atoms with Crippen LogP contribution < -0.4 is 9.47 Å². The van der Waals surface area contributed by atoms with Gasteiger partial charge in [-0.3, -0.25) is 0 Å². The van der Waals surface area contributed by atoms with E-state index in [4.69, 9.17) is 26.2 Å². The predicted molar refractivity (Wildman–Crippen MR) is 115 cm³/mol. The van der Waals surface area contributed by atoms with Crippen molar-refractivity contribution in [1.29, 1.82) is 0 Å². The second kappa shape index (κ2) is 8.63. The smallest absolute Gasteiger partial charge is 0.356 e. The molecule has 2 aliphatic rings. The number of halogens is 1. The monoisotopic (exact) mass is 463 g/mol. The molecule has 1 saturated heterocycles. The van der Waals surface area contributed by atoms with E-state index in [0.717, 1.165) is 17.5 Å². The lowest BCUT2D eigenvalue weighted by Crippen LogP contribution is -2.34. The Balaban J connectivity index is 1.34. The van der Waals surface area contributed by atoms with Crippen LogP contribution in [0.1, 0.15) is 37.2 Å². The number of benzene rings is 1. The number of rotatable bonds is 6. The van der Waals surface area contributed by atoms with E-state index in [1.807, 2.05) is 0 Å². The number of carboxylic acid groups (broad SMARTS) is 1. The van der Waals surface area contributed by atoms with Crippen molar-refractivity contribution in [3.8, 4) is 11.5 Å². The van der Waals surface area contributed by atoms with Crippen molar-refractivity contribution in [2.24, 2.45) is 11.8 Å². The Hall–Kier alpha value is -2.78. The minimum absolute atomic E-state index is 0.0207. The summed E-state index contributed by atoms with van der Waals surface area (Å²) in [6.45, 7) is 4.58. The summed E-state index contributed by atoms with van der Waals surface area (Å²) in [7, 11) is 0. The van der Waals surface area contributed by atoms with E-state index in [9.17, 15) is 14.7 Å². The maximum atomic E-state index is 12.7. The van der Waals surface area contributed by atoms with Crippen LogP contribution in [0.2, 0.25) is 5.02 Å². The summed E-state index contributed by atoms with van der Waals surface area (Å²) in [6.07, 6.45) is 2.94. The van der Waals surface area contributed by atoms with Crippen LogP contribution in [-0.4, -0.2) is 68.3 Å². The standard InChI is InChI=1S/C22H26ClN3O6/c1-22(2,30)12-31-17-4-3-5-18(19(17)23)32-15-8-13-10-25(11-14(13)9-15)21(29)26-7-6-16(24-26)20(27)28/h3-7,13-15,30H,8-12H2,1-2H3,(H,27,28)/t13-,14+,15+. The molecule has 10 heteroatoms. The van der Waals surface area contributed by atoms with Crippen LogP contribution in [-0.2, 0) is 0 Å². The maximum Gasteiger partial charge on any atom is 0.356 e. The predicted octanol–water partition coefficient (Wildman–Crippen LogP) is 3.14. The van der Waals surface area contributed by atoms with E-state index < -0.39 is 11.6 Å². The number of carboxylic acids is 1. The van der Waals surface area contributed by atoms with Crippen molar-refractivity contribution in [2.75, 3.05) is 19.7 Å². The van der Waals surface area contributed by atoms with Crippen LogP contribution >= 0.6 is 11.6 Å². The number of aromatic carboxylic acids is 1. The van der Waals surface area contributed by atoms with Crippen LogP contribution in [0.3, 0.4) is 0 Å². The lowest BCUT2D eigenvalue weighted by molar-refractivity contribution is 0.0284. The molecule has 1 saturated carbocycles. The van der Waals surface area contributed by atoms with Crippen LogP contribution in [0.5, 0.6) is 11.5 Å². The fourth-order valence-electron chi connectivity index (χ4n) is 4.31. The first-order chi connectivity index (χ1) is 15.1. The summed E-state index contributed by atoms with van der Waals surface area (Å²) in [5, 5.41) is 23.0. The van der Waals surface area contributed by atoms with Crippen LogP contribution in [0, 0.1) is 11.8 Å². The van der Waals surface area contributed by atoms with Gasteiger partial charge in [0.25, 0.3) is 0 Å². The normalized spacial score (nSPS) is 22.6. The highest BCUT2D eigenvalue weighted by Crippen LogP contribution is 2.42. The molecule has 0 radical (unpaired) electrons. The van der Waals surface area contributed by atoms with E-state index in [1.165, 1.54) is 12.3 Å². The highest BCUT2D eigenvalue weighted by Gasteiger charge is 2.44. The first-order valence-corrected chi connectivity index (χ1v) is 10.9. The number of aromatic nitrogens is 2. The topological polar surface area (TPSA) is 114 Å². The molecule has 32 heavy (non-hydrogen) atoms. The number of carbonyl (C=O) groups is 2. The molecule has 1 aliphatic heterocycles. The average molecular weight is 464 g/mol. The summed E-state index contributed by atoms with van der Waals surface area (Å²) in [5.41, 5.74) is -1.13. The lowest BCUT2D eigenvalue weighted by atomic mass is 10.0. The van der Waals surface area contributed by atoms with Crippen LogP contribution in [0.15, 0.2) is 30.5 Å². The quantitative estimate of drug-likeness (QED) is 0.676. The SMILES string of the molecule is CC(C)(O)COc1cccc(O[C@H]2C[C@@H]3CN(C(=O)n4ccc(C(=O)O)n4)C[C@@H]3C2)c1Cl. The third-order valence-electron chi connectivity index (χ3n) is 5.78. The number of amides is 1. The van der Waals surface area contributed by atoms with Gasteiger partial charge >= 0.3 is 12.0 Å². The van der Waals surface area contributed by atoms with Gasteiger partial charge in [-0.25, -0.2) is 9.59 Å². The summed E-state index contributed by atoms with van der Waals surface area (Å²) in [4.78, 5) is 25.4. The molecule has 0 bridgehead atoms. The number of hydrogen-bond acceptors (Lipinski definition) is 6.